The molecular formula is C15H13N3S2. The van der Waals surface area contributed by atoms with Crippen LogP contribution in [0.3, 0.4) is 0 Å². The summed E-state index contributed by atoms with van der Waals surface area (Å²) in [6, 6.07) is 4.17. The Kier molecular flexibility index (Phi) is 2.89. The number of rotatable bonds is 1. The second-order valence-electron chi connectivity index (χ2n) is 5.08. The second kappa shape index (κ2) is 4.75. The molecule has 1 aliphatic rings. The van der Waals surface area contributed by atoms with Crippen LogP contribution >= 0.6 is 23.6 Å². The topological polar surface area (TPSA) is 41.6 Å². The molecule has 0 radical (unpaired) electrons. The molecule has 1 N–H and O–H groups in total. The van der Waals surface area contributed by atoms with E-state index in [4.69, 9.17) is 12.2 Å². The van der Waals surface area contributed by atoms with Gasteiger partial charge in [0.1, 0.15) is 10.5 Å². The van der Waals surface area contributed by atoms with Crippen molar-refractivity contribution in [2.24, 2.45) is 0 Å². The summed E-state index contributed by atoms with van der Waals surface area (Å²) in [4.78, 5) is 12.5. The van der Waals surface area contributed by atoms with Crippen LogP contribution in [0.1, 0.15) is 24.1 Å². The number of nitrogens with one attached hydrogen (secondary N) is 1. The molecule has 3 aromatic rings. The van der Waals surface area contributed by atoms with E-state index >= 15 is 0 Å². The van der Waals surface area contributed by atoms with E-state index in [1.807, 2.05) is 12.3 Å². The van der Waals surface area contributed by atoms with Crippen LogP contribution in [0.25, 0.3) is 21.6 Å². The predicted molar refractivity (Wildman–Crippen MR) is 84.7 cm³/mol. The fourth-order valence-corrected chi connectivity index (χ4v) is 3.83. The Hall–Kier alpha value is -1.59. The molecule has 0 saturated heterocycles. The Morgan fingerprint density at radius 2 is 2.15 bits per heavy atom. The summed E-state index contributed by atoms with van der Waals surface area (Å²) >= 11 is 7.16. The Labute approximate surface area is 125 Å². The maximum atomic E-state index is 5.46. The summed E-state index contributed by atoms with van der Waals surface area (Å²) in [5.41, 5.74) is 4.55. The Morgan fingerprint density at radius 3 is 3.10 bits per heavy atom. The van der Waals surface area contributed by atoms with Crippen molar-refractivity contribution >= 4 is 33.8 Å². The lowest BCUT2D eigenvalue weighted by atomic mass is 9.97. The number of pyridine rings is 1. The molecule has 4 rings (SSSR count). The third-order valence-electron chi connectivity index (χ3n) is 3.78. The zero-order valence-corrected chi connectivity index (χ0v) is 12.5. The quantitative estimate of drug-likeness (QED) is 0.681. The highest BCUT2D eigenvalue weighted by atomic mass is 32.1. The van der Waals surface area contributed by atoms with Gasteiger partial charge in [0.15, 0.2) is 0 Å². The van der Waals surface area contributed by atoms with Crippen LogP contribution in [-0.2, 0) is 12.8 Å². The predicted octanol–water partition coefficient (Wildman–Crippen LogP) is 4.29. The molecule has 5 heteroatoms. The van der Waals surface area contributed by atoms with Crippen LogP contribution in [0.15, 0.2) is 23.7 Å². The van der Waals surface area contributed by atoms with Crippen LogP contribution in [0.5, 0.6) is 0 Å². The molecule has 0 atom stereocenters. The van der Waals surface area contributed by atoms with Crippen LogP contribution in [0.2, 0.25) is 0 Å². The van der Waals surface area contributed by atoms with E-state index in [9.17, 15) is 0 Å². The summed E-state index contributed by atoms with van der Waals surface area (Å²) in [6.07, 6.45) is 6.44. The highest BCUT2D eigenvalue weighted by Gasteiger charge is 2.14. The van der Waals surface area contributed by atoms with Crippen molar-refractivity contribution in [3.05, 3.63) is 39.6 Å². The molecule has 0 amide bonds. The largest absolute Gasteiger partial charge is 0.343 e. The zero-order chi connectivity index (χ0) is 13.5. The molecule has 0 bridgehead atoms. The molecule has 0 fully saturated rings. The highest BCUT2D eigenvalue weighted by molar-refractivity contribution is 7.71. The third-order valence-corrected chi connectivity index (χ3v) is 4.98. The van der Waals surface area contributed by atoms with Crippen molar-refractivity contribution in [1.29, 1.82) is 0 Å². The van der Waals surface area contributed by atoms with Crippen LogP contribution < -0.4 is 0 Å². The normalized spacial score (nSPS) is 14.4. The van der Waals surface area contributed by atoms with E-state index in [0.29, 0.717) is 0 Å². The Balaban J connectivity index is 1.89. The van der Waals surface area contributed by atoms with Crippen molar-refractivity contribution in [1.82, 2.24) is 15.0 Å². The minimum atomic E-state index is 0.750. The zero-order valence-electron chi connectivity index (χ0n) is 10.8. The van der Waals surface area contributed by atoms with Gasteiger partial charge in [0.2, 0.25) is 0 Å². The lowest BCUT2D eigenvalue weighted by Gasteiger charge is -2.16. The van der Waals surface area contributed by atoms with Crippen molar-refractivity contribution < 1.29 is 0 Å². The Morgan fingerprint density at radius 1 is 1.25 bits per heavy atom. The third kappa shape index (κ3) is 1.98. The van der Waals surface area contributed by atoms with Gasteiger partial charge in [-0.25, -0.2) is 4.98 Å². The average molecular weight is 299 g/mol. The molecule has 3 nitrogen and oxygen atoms in total. The Bertz CT molecular complexity index is 848. The molecule has 0 aromatic carbocycles. The van der Waals surface area contributed by atoms with E-state index in [0.717, 1.165) is 34.4 Å². The van der Waals surface area contributed by atoms with Crippen LogP contribution in [0, 0.1) is 4.64 Å². The van der Waals surface area contributed by atoms with Crippen molar-refractivity contribution in [2.75, 3.05) is 0 Å². The van der Waals surface area contributed by atoms with Gasteiger partial charge in [-0.1, -0.05) is 12.2 Å². The van der Waals surface area contributed by atoms with Gasteiger partial charge in [-0.2, -0.15) is 0 Å². The molecular weight excluding hydrogens is 286 g/mol. The van der Waals surface area contributed by atoms with E-state index < -0.39 is 0 Å². The summed E-state index contributed by atoms with van der Waals surface area (Å²) < 4.78 is 1.93. The standard InChI is InChI=1S/C15H13N3S2/c19-15-10-3-1-2-4-11(10)17-14(18-15)9-7-13-12(16-8-9)5-6-20-13/h5-8H,1-4H2,(H,17,18,19). The number of thiophene rings is 1. The monoisotopic (exact) mass is 299 g/mol. The van der Waals surface area contributed by atoms with Crippen molar-refractivity contribution in [3.8, 4) is 11.4 Å². The molecule has 0 spiro atoms. The second-order valence-corrected chi connectivity index (χ2v) is 6.42. The smallest absolute Gasteiger partial charge is 0.140 e. The molecule has 100 valence electrons. The van der Waals surface area contributed by atoms with Crippen LogP contribution in [0.4, 0.5) is 0 Å². The number of aromatic nitrogens is 3. The number of fused-ring (bicyclic) bond motifs is 2. The maximum Gasteiger partial charge on any atom is 0.140 e. The number of aromatic amines is 1. The lowest BCUT2D eigenvalue weighted by Crippen LogP contribution is -2.08. The highest BCUT2D eigenvalue weighted by Crippen LogP contribution is 2.26. The summed E-state index contributed by atoms with van der Waals surface area (Å²) in [5, 5.41) is 2.06. The van der Waals surface area contributed by atoms with Crippen molar-refractivity contribution in [2.45, 2.75) is 25.7 Å². The van der Waals surface area contributed by atoms with Gasteiger partial charge >= 0.3 is 0 Å². The fraction of sp³-hybridized carbons (Fsp3) is 0.267. The first-order valence-electron chi connectivity index (χ1n) is 6.77. The van der Waals surface area contributed by atoms with Gasteiger partial charge in [0.25, 0.3) is 0 Å². The minimum absolute atomic E-state index is 0.750. The number of nitrogens with zero attached hydrogens (tertiary/aromatic N) is 2. The molecule has 3 heterocycles. The van der Waals surface area contributed by atoms with E-state index in [1.165, 1.54) is 28.8 Å². The van der Waals surface area contributed by atoms with Crippen LogP contribution in [-0.4, -0.2) is 15.0 Å². The fourth-order valence-electron chi connectivity index (χ4n) is 2.73. The molecule has 1 aliphatic carbocycles. The van der Waals surface area contributed by atoms with Gasteiger partial charge in [0.05, 0.1) is 10.2 Å². The van der Waals surface area contributed by atoms with Gasteiger partial charge in [-0.05, 0) is 43.2 Å². The first-order valence-corrected chi connectivity index (χ1v) is 8.06. The minimum Gasteiger partial charge on any atom is -0.343 e. The number of hydrogen-bond donors (Lipinski definition) is 1. The van der Waals surface area contributed by atoms with Crippen molar-refractivity contribution in [3.63, 3.8) is 0 Å². The SMILES string of the molecule is S=c1nc(-c2cnc3ccsc3c2)[nH]c2c1CCCC2. The van der Waals surface area contributed by atoms with Gasteiger partial charge in [-0.3, -0.25) is 4.98 Å². The van der Waals surface area contributed by atoms with E-state index in [1.54, 1.807) is 11.3 Å². The first kappa shape index (κ1) is 12.2. The molecule has 0 saturated carbocycles. The molecule has 0 aliphatic heterocycles. The lowest BCUT2D eigenvalue weighted by molar-refractivity contribution is 0.661. The van der Waals surface area contributed by atoms with E-state index in [-0.39, 0.29) is 0 Å². The van der Waals surface area contributed by atoms with Gasteiger partial charge in [-0.15, -0.1) is 11.3 Å². The van der Waals surface area contributed by atoms with E-state index in [2.05, 4.69) is 26.4 Å². The first-order chi connectivity index (χ1) is 9.81. The van der Waals surface area contributed by atoms with Gasteiger partial charge in [0, 0.05) is 23.0 Å². The molecule has 20 heavy (non-hydrogen) atoms. The summed E-state index contributed by atoms with van der Waals surface area (Å²) in [6.45, 7) is 0. The molecule has 0 unspecified atom stereocenters. The summed E-state index contributed by atoms with van der Waals surface area (Å²) in [7, 11) is 0. The molecule has 3 aromatic heterocycles. The number of H-pyrrole nitrogens is 1. The number of hydrogen-bond acceptors (Lipinski definition) is 4. The maximum absolute atomic E-state index is 5.46. The van der Waals surface area contributed by atoms with Gasteiger partial charge < -0.3 is 4.98 Å². The summed E-state index contributed by atoms with van der Waals surface area (Å²) in [5.74, 6) is 0.846. The average Bonchev–Trinajstić information content (AvgIpc) is 2.94. The number of aryl methyl sites for hydroxylation is 1.